The number of likely N-dealkylation sites (N-methyl/N-ethyl adjacent to an activating group) is 3. The zero-order valence-electron chi connectivity index (χ0n) is 21.4. The van der Waals surface area contributed by atoms with Gasteiger partial charge in [0.05, 0.1) is 11.9 Å². The molecule has 3 aromatic rings. The van der Waals surface area contributed by atoms with Gasteiger partial charge in [0.2, 0.25) is 17.7 Å². The van der Waals surface area contributed by atoms with E-state index in [4.69, 9.17) is 16.3 Å². The van der Waals surface area contributed by atoms with Gasteiger partial charge < -0.3 is 30.1 Å². The molecule has 194 valence electrons. The first-order valence-corrected chi connectivity index (χ1v) is 12.4. The van der Waals surface area contributed by atoms with Gasteiger partial charge in [0.1, 0.15) is 5.02 Å². The van der Waals surface area contributed by atoms with E-state index in [1.54, 1.807) is 7.05 Å². The summed E-state index contributed by atoms with van der Waals surface area (Å²) in [5, 5.41) is 6.09. The first-order valence-electron chi connectivity index (χ1n) is 12.0. The van der Waals surface area contributed by atoms with Gasteiger partial charge in [-0.3, -0.25) is 4.79 Å². The van der Waals surface area contributed by atoms with Crippen LogP contribution in [0.25, 0.3) is 0 Å². The number of hydrogen-bond donors (Lipinski definition) is 2. The Morgan fingerprint density at radius 1 is 1.14 bits per heavy atom. The van der Waals surface area contributed by atoms with Gasteiger partial charge >= 0.3 is 0 Å². The fourth-order valence-electron chi connectivity index (χ4n) is 4.02. The van der Waals surface area contributed by atoms with E-state index in [0.29, 0.717) is 23.8 Å². The molecular formula is C27H32ClN7O2. The van der Waals surface area contributed by atoms with Crippen molar-refractivity contribution < 1.29 is 9.53 Å². The van der Waals surface area contributed by atoms with Crippen LogP contribution in [0.5, 0.6) is 11.6 Å². The molecule has 1 aliphatic heterocycles. The number of para-hydroxylation sites is 2. The van der Waals surface area contributed by atoms with E-state index in [1.807, 2.05) is 48.3 Å². The largest absolute Gasteiger partial charge is 0.435 e. The van der Waals surface area contributed by atoms with Crippen LogP contribution in [0, 0.1) is 0 Å². The molecule has 2 N–H and O–H groups in total. The maximum Gasteiger partial charge on any atom is 0.248 e. The fraction of sp³-hybridized carbons (Fsp3) is 0.296. The molecule has 0 bridgehead atoms. The Morgan fingerprint density at radius 2 is 1.84 bits per heavy atom. The Morgan fingerprint density at radius 3 is 2.54 bits per heavy atom. The molecule has 0 radical (unpaired) electrons. The van der Waals surface area contributed by atoms with E-state index < -0.39 is 0 Å². The van der Waals surface area contributed by atoms with Crippen molar-refractivity contribution in [2.75, 3.05) is 69.0 Å². The molecule has 1 fully saturated rings. The van der Waals surface area contributed by atoms with Gasteiger partial charge in [0, 0.05) is 63.8 Å². The van der Waals surface area contributed by atoms with Crippen molar-refractivity contribution in [3.8, 4) is 11.6 Å². The minimum Gasteiger partial charge on any atom is -0.435 e. The van der Waals surface area contributed by atoms with E-state index in [-0.39, 0.29) is 16.8 Å². The molecule has 37 heavy (non-hydrogen) atoms. The third-order valence-electron chi connectivity index (χ3n) is 6.16. The first kappa shape index (κ1) is 26.2. The predicted octanol–water partition coefficient (Wildman–Crippen LogP) is 4.16. The summed E-state index contributed by atoms with van der Waals surface area (Å²) in [7, 11) is 5.59. The highest BCUT2D eigenvalue weighted by molar-refractivity contribution is 6.31. The maximum absolute atomic E-state index is 11.9. The summed E-state index contributed by atoms with van der Waals surface area (Å²) >= 11 is 6.38. The van der Waals surface area contributed by atoms with Crippen molar-refractivity contribution >= 4 is 40.5 Å². The monoisotopic (exact) mass is 521 g/mol. The molecule has 1 amide bonds. The van der Waals surface area contributed by atoms with Crippen LogP contribution in [0.2, 0.25) is 5.02 Å². The zero-order chi connectivity index (χ0) is 26.4. The van der Waals surface area contributed by atoms with Crippen LogP contribution in [0.3, 0.4) is 0 Å². The Hall–Kier alpha value is -3.82. The van der Waals surface area contributed by atoms with E-state index in [2.05, 4.69) is 56.2 Å². The number of ether oxygens (including phenoxy) is 1. The average Bonchev–Trinajstić information content (AvgIpc) is 2.91. The molecule has 10 heteroatoms. The highest BCUT2D eigenvalue weighted by atomic mass is 35.5. The number of anilines is 4. The van der Waals surface area contributed by atoms with Crippen LogP contribution in [0.4, 0.5) is 23.0 Å². The molecule has 2 heterocycles. The number of nitrogens with zero attached hydrogens (tertiary/aromatic N) is 5. The van der Waals surface area contributed by atoms with Crippen molar-refractivity contribution in [2.24, 2.45) is 0 Å². The van der Waals surface area contributed by atoms with E-state index in [9.17, 15) is 4.79 Å². The molecule has 2 aromatic carbocycles. The molecular weight excluding hydrogens is 490 g/mol. The Balaban J connectivity index is 1.46. The lowest BCUT2D eigenvalue weighted by molar-refractivity contribution is -0.117. The number of hydrogen-bond acceptors (Lipinski definition) is 8. The number of carbonyl (C=O) groups excluding carboxylic acids is 1. The number of carbonyl (C=O) groups is 1. The van der Waals surface area contributed by atoms with Crippen LogP contribution < -0.4 is 25.2 Å². The van der Waals surface area contributed by atoms with Crippen molar-refractivity contribution in [3.63, 3.8) is 0 Å². The normalized spacial score (nSPS) is 13.7. The second kappa shape index (κ2) is 11.9. The summed E-state index contributed by atoms with van der Waals surface area (Å²) in [6, 6.07) is 15.7. The van der Waals surface area contributed by atoms with Crippen LogP contribution in [0.1, 0.15) is 0 Å². The number of benzene rings is 2. The molecule has 0 unspecified atom stereocenters. The predicted molar refractivity (Wildman–Crippen MR) is 149 cm³/mol. The van der Waals surface area contributed by atoms with Crippen LogP contribution in [-0.2, 0) is 4.79 Å². The second-order valence-electron chi connectivity index (χ2n) is 8.92. The second-order valence-corrected chi connectivity index (χ2v) is 9.32. The lowest BCUT2D eigenvalue weighted by atomic mass is 10.2. The van der Waals surface area contributed by atoms with Gasteiger partial charge in [-0.05, 0) is 43.4 Å². The van der Waals surface area contributed by atoms with Gasteiger partial charge in [-0.2, -0.15) is 4.98 Å². The minimum absolute atomic E-state index is 0.212. The van der Waals surface area contributed by atoms with Crippen molar-refractivity contribution in [1.29, 1.82) is 0 Å². The highest BCUT2D eigenvalue weighted by Gasteiger charge is 2.16. The molecule has 1 aromatic heterocycles. The number of rotatable bonds is 9. The van der Waals surface area contributed by atoms with Gasteiger partial charge in [-0.25, -0.2) is 4.98 Å². The Labute approximate surface area is 222 Å². The maximum atomic E-state index is 11.9. The molecule has 0 saturated carbocycles. The summed E-state index contributed by atoms with van der Waals surface area (Å²) in [6.07, 6.45) is 1.50. The molecule has 1 saturated heterocycles. The van der Waals surface area contributed by atoms with E-state index in [0.717, 1.165) is 37.6 Å². The lowest BCUT2D eigenvalue weighted by Crippen LogP contribution is -2.44. The van der Waals surface area contributed by atoms with Gasteiger partial charge in [-0.15, -0.1) is 0 Å². The molecule has 0 spiro atoms. The summed E-state index contributed by atoms with van der Waals surface area (Å²) in [5.41, 5.74) is 3.25. The number of piperazine rings is 1. The Kier molecular flexibility index (Phi) is 8.47. The van der Waals surface area contributed by atoms with E-state index in [1.165, 1.54) is 11.9 Å². The van der Waals surface area contributed by atoms with Crippen molar-refractivity contribution in [3.05, 3.63) is 71.9 Å². The molecule has 0 atom stereocenters. The highest BCUT2D eigenvalue weighted by Crippen LogP contribution is 2.34. The van der Waals surface area contributed by atoms with Crippen molar-refractivity contribution in [2.45, 2.75) is 0 Å². The standard InChI is InChI=1S/C27H32ClN7O2/c1-19(25(36)29-2)18-34(4)23-7-5-6-8-24(23)37-26-22(28)17-30-27(32-26)31-20-9-11-21(12-10-20)35-15-13-33(3)14-16-35/h5-12,17H,1,13-16,18H2,2-4H3,(H,29,36)(H,30,31,32). The number of halogens is 1. The smallest absolute Gasteiger partial charge is 0.248 e. The van der Waals surface area contributed by atoms with Gasteiger partial charge in [0.25, 0.3) is 0 Å². The number of nitrogens with one attached hydrogen (secondary N) is 2. The average molecular weight is 522 g/mol. The lowest BCUT2D eigenvalue weighted by Gasteiger charge is -2.34. The summed E-state index contributed by atoms with van der Waals surface area (Å²) < 4.78 is 6.11. The van der Waals surface area contributed by atoms with Crippen LogP contribution >= 0.6 is 11.6 Å². The first-order chi connectivity index (χ1) is 17.8. The molecule has 0 aliphatic carbocycles. The summed E-state index contributed by atoms with van der Waals surface area (Å²) in [4.78, 5) is 27.3. The summed E-state index contributed by atoms with van der Waals surface area (Å²) in [5.74, 6) is 0.916. The van der Waals surface area contributed by atoms with Gasteiger partial charge in [-0.1, -0.05) is 30.3 Å². The topological polar surface area (TPSA) is 85.9 Å². The number of amides is 1. The number of aromatic nitrogens is 2. The SMILES string of the molecule is C=C(CN(C)c1ccccc1Oc1nc(Nc2ccc(N3CCN(C)CC3)cc2)ncc1Cl)C(=O)NC. The third-order valence-corrected chi connectivity index (χ3v) is 6.42. The van der Waals surface area contributed by atoms with Crippen LogP contribution in [-0.4, -0.2) is 74.6 Å². The van der Waals surface area contributed by atoms with Crippen LogP contribution in [0.15, 0.2) is 66.9 Å². The summed E-state index contributed by atoms with van der Waals surface area (Å²) in [6.45, 7) is 8.33. The molecule has 1 aliphatic rings. The fourth-order valence-corrected chi connectivity index (χ4v) is 4.15. The molecule has 9 nitrogen and oxygen atoms in total. The quantitative estimate of drug-likeness (QED) is 0.406. The third kappa shape index (κ3) is 6.69. The van der Waals surface area contributed by atoms with Gasteiger partial charge in [0.15, 0.2) is 5.75 Å². The minimum atomic E-state index is -0.212. The molecule has 4 rings (SSSR count). The Bertz CT molecular complexity index is 1240. The van der Waals surface area contributed by atoms with E-state index >= 15 is 0 Å². The zero-order valence-corrected chi connectivity index (χ0v) is 22.1. The van der Waals surface area contributed by atoms with Crippen molar-refractivity contribution in [1.82, 2.24) is 20.2 Å².